The van der Waals surface area contributed by atoms with Crippen molar-refractivity contribution in [1.82, 2.24) is 0 Å². The highest BCUT2D eigenvalue weighted by Gasteiger charge is 2.40. The Morgan fingerprint density at radius 1 is 1.22 bits per heavy atom. The molecule has 0 saturated carbocycles. The Bertz CT molecular complexity index is 392. The Morgan fingerprint density at radius 2 is 1.78 bits per heavy atom. The van der Waals surface area contributed by atoms with Gasteiger partial charge in [-0.2, -0.15) is 0 Å². The van der Waals surface area contributed by atoms with Gasteiger partial charge in [0.2, 0.25) is 0 Å². The molecule has 0 atom stereocenters. The lowest BCUT2D eigenvalue weighted by molar-refractivity contribution is -0.144. The van der Waals surface area contributed by atoms with Crippen LogP contribution >= 0.6 is 0 Å². The molecule has 1 aromatic carbocycles. The lowest BCUT2D eigenvalue weighted by Crippen LogP contribution is -2.36. The van der Waals surface area contributed by atoms with Crippen LogP contribution in [0.1, 0.15) is 45.1 Å². The van der Waals surface area contributed by atoms with E-state index in [1.165, 1.54) is 0 Å². The summed E-state index contributed by atoms with van der Waals surface area (Å²) in [4.78, 5) is 11.8. The van der Waals surface area contributed by atoms with Gasteiger partial charge >= 0.3 is 5.97 Å². The van der Waals surface area contributed by atoms with Crippen LogP contribution in [-0.4, -0.2) is 18.2 Å². The van der Waals surface area contributed by atoms with Crippen LogP contribution in [0.3, 0.4) is 0 Å². The standard InChI is InChI=1S/C15H22O3/c1-4-10-15(11-5-2,14(16)17)12-8-6-7-9-13(12)18-3/h6-9H,4-5,10-11H2,1-3H3,(H,16,17). The number of carbonyl (C=O) groups is 1. The predicted molar refractivity (Wildman–Crippen MR) is 72.1 cm³/mol. The van der Waals surface area contributed by atoms with Crippen LogP contribution in [0, 0.1) is 0 Å². The van der Waals surface area contributed by atoms with E-state index >= 15 is 0 Å². The largest absolute Gasteiger partial charge is 0.496 e. The van der Waals surface area contributed by atoms with E-state index in [0.29, 0.717) is 18.6 Å². The number of hydrogen-bond donors (Lipinski definition) is 1. The summed E-state index contributed by atoms with van der Waals surface area (Å²) in [5.41, 5.74) is -0.0282. The molecule has 0 unspecified atom stereocenters. The SMILES string of the molecule is CCCC(CCC)(C(=O)O)c1ccccc1OC. The van der Waals surface area contributed by atoms with Gasteiger partial charge in [0.25, 0.3) is 0 Å². The fourth-order valence-corrected chi connectivity index (χ4v) is 2.62. The number of para-hydroxylation sites is 1. The van der Waals surface area contributed by atoms with Crippen molar-refractivity contribution in [3.63, 3.8) is 0 Å². The van der Waals surface area contributed by atoms with Gasteiger partial charge in [0.1, 0.15) is 5.75 Å². The molecule has 1 aromatic rings. The molecular weight excluding hydrogens is 228 g/mol. The minimum Gasteiger partial charge on any atom is -0.496 e. The molecule has 1 N–H and O–H groups in total. The maximum Gasteiger partial charge on any atom is 0.314 e. The van der Waals surface area contributed by atoms with Crippen LogP contribution < -0.4 is 4.74 Å². The van der Waals surface area contributed by atoms with E-state index in [-0.39, 0.29) is 0 Å². The Kier molecular flexibility index (Phi) is 5.20. The van der Waals surface area contributed by atoms with Crippen molar-refractivity contribution in [3.05, 3.63) is 29.8 Å². The minimum atomic E-state index is -0.823. The summed E-state index contributed by atoms with van der Waals surface area (Å²) in [5.74, 6) is -0.0856. The number of aliphatic carboxylic acids is 1. The molecule has 3 nitrogen and oxygen atoms in total. The fourth-order valence-electron chi connectivity index (χ4n) is 2.62. The number of carboxylic acid groups (broad SMARTS) is 1. The average molecular weight is 250 g/mol. The molecule has 0 aliphatic rings. The quantitative estimate of drug-likeness (QED) is 0.804. The summed E-state index contributed by atoms with van der Waals surface area (Å²) < 4.78 is 5.33. The third-order valence-electron chi connectivity index (χ3n) is 3.39. The molecule has 0 saturated heterocycles. The molecule has 0 aromatic heterocycles. The Morgan fingerprint density at radius 3 is 2.22 bits per heavy atom. The molecule has 100 valence electrons. The summed E-state index contributed by atoms with van der Waals surface area (Å²) in [7, 11) is 1.59. The minimum absolute atomic E-state index is 0.635. The van der Waals surface area contributed by atoms with Crippen molar-refractivity contribution in [2.24, 2.45) is 0 Å². The van der Waals surface area contributed by atoms with Gasteiger partial charge in [-0.15, -0.1) is 0 Å². The van der Waals surface area contributed by atoms with Crippen molar-refractivity contribution in [2.75, 3.05) is 7.11 Å². The molecule has 0 aliphatic heterocycles. The maximum atomic E-state index is 11.8. The third-order valence-corrected chi connectivity index (χ3v) is 3.39. The molecule has 0 spiro atoms. The summed E-state index contributed by atoms with van der Waals surface area (Å²) in [6.45, 7) is 4.03. The van der Waals surface area contributed by atoms with E-state index in [2.05, 4.69) is 0 Å². The van der Waals surface area contributed by atoms with Crippen LogP contribution in [0.5, 0.6) is 5.75 Å². The normalized spacial score (nSPS) is 11.3. The monoisotopic (exact) mass is 250 g/mol. The van der Waals surface area contributed by atoms with Gasteiger partial charge in [-0.25, -0.2) is 0 Å². The Balaban J connectivity index is 3.35. The molecule has 3 heteroatoms. The summed E-state index contributed by atoms with van der Waals surface area (Å²) in [6.07, 6.45) is 2.95. The third kappa shape index (κ3) is 2.66. The van der Waals surface area contributed by atoms with Crippen molar-refractivity contribution >= 4 is 5.97 Å². The lowest BCUT2D eigenvalue weighted by atomic mass is 9.73. The smallest absolute Gasteiger partial charge is 0.314 e. The number of rotatable bonds is 7. The first-order chi connectivity index (χ1) is 8.62. The predicted octanol–water partition coefficient (Wildman–Crippen LogP) is 3.62. The van der Waals surface area contributed by atoms with E-state index in [4.69, 9.17) is 4.74 Å². The second-order valence-corrected chi connectivity index (χ2v) is 4.59. The van der Waals surface area contributed by atoms with Gasteiger partial charge < -0.3 is 9.84 Å². The number of ether oxygens (including phenoxy) is 1. The van der Waals surface area contributed by atoms with Gasteiger partial charge in [-0.3, -0.25) is 4.79 Å². The molecule has 0 fully saturated rings. The second kappa shape index (κ2) is 6.43. The Labute approximate surface area is 109 Å². The van der Waals surface area contributed by atoms with Crippen LogP contribution in [0.25, 0.3) is 0 Å². The first kappa shape index (κ1) is 14.6. The van der Waals surface area contributed by atoms with Crippen LogP contribution in [-0.2, 0) is 10.2 Å². The summed E-state index contributed by atoms with van der Waals surface area (Å²) in [5, 5.41) is 9.70. The molecule has 0 heterocycles. The van der Waals surface area contributed by atoms with E-state index in [1.807, 2.05) is 38.1 Å². The number of methoxy groups -OCH3 is 1. The summed E-state index contributed by atoms with van der Waals surface area (Å²) in [6, 6.07) is 7.45. The highest BCUT2D eigenvalue weighted by Crippen LogP contribution is 2.39. The zero-order valence-corrected chi connectivity index (χ0v) is 11.4. The molecular formula is C15H22O3. The van der Waals surface area contributed by atoms with E-state index in [1.54, 1.807) is 7.11 Å². The van der Waals surface area contributed by atoms with Gasteiger partial charge in [-0.1, -0.05) is 44.9 Å². The first-order valence-corrected chi connectivity index (χ1v) is 6.49. The Hall–Kier alpha value is -1.51. The van der Waals surface area contributed by atoms with Gasteiger partial charge in [0.15, 0.2) is 0 Å². The molecule has 0 aliphatic carbocycles. The maximum absolute atomic E-state index is 11.8. The summed E-state index contributed by atoms with van der Waals surface area (Å²) >= 11 is 0. The number of benzene rings is 1. The highest BCUT2D eigenvalue weighted by molar-refractivity contribution is 5.82. The van der Waals surface area contributed by atoms with E-state index in [0.717, 1.165) is 18.4 Å². The van der Waals surface area contributed by atoms with Crippen molar-refractivity contribution in [1.29, 1.82) is 0 Å². The second-order valence-electron chi connectivity index (χ2n) is 4.59. The van der Waals surface area contributed by atoms with Crippen LogP contribution in [0.2, 0.25) is 0 Å². The zero-order chi connectivity index (χ0) is 13.6. The number of carboxylic acids is 1. The van der Waals surface area contributed by atoms with Crippen LogP contribution in [0.4, 0.5) is 0 Å². The molecule has 0 amide bonds. The lowest BCUT2D eigenvalue weighted by Gasteiger charge is -2.30. The van der Waals surface area contributed by atoms with Crippen molar-refractivity contribution in [2.45, 2.75) is 44.9 Å². The molecule has 0 radical (unpaired) electrons. The number of hydrogen-bond acceptors (Lipinski definition) is 2. The fraction of sp³-hybridized carbons (Fsp3) is 0.533. The first-order valence-electron chi connectivity index (χ1n) is 6.49. The van der Waals surface area contributed by atoms with Crippen LogP contribution in [0.15, 0.2) is 24.3 Å². The van der Waals surface area contributed by atoms with Crippen molar-refractivity contribution in [3.8, 4) is 5.75 Å². The van der Waals surface area contributed by atoms with Crippen molar-refractivity contribution < 1.29 is 14.6 Å². The van der Waals surface area contributed by atoms with Gasteiger partial charge in [0, 0.05) is 5.56 Å². The molecule has 0 bridgehead atoms. The van der Waals surface area contributed by atoms with Gasteiger partial charge in [-0.05, 0) is 18.9 Å². The average Bonchev–Trinajstić information content (AvgIpc) is 2.38. The zero-order valence-electron chi connectivity index (χ0n) is 11.4. The highest BCUT2D eigenvalue weighted by atomic mass is 16.5. The molecule has 1 rings (SSSR count). The topological polar surface area (TPSA) is 46.5 Å². The van der Waals surface area contributed by atoms with E-state index < -0.39 is 11.4 Å². The van der Waals surface area contributed by atoms with E-state index in [9.17, 15) is 9.90 Å². The van der Waals surface area contributed by atoms with Gasteiger partial charge in [0.05, 0.1) is 12.5 Å². The molecule has 18 heavy (non-hydrogen) atoms.